The van der Waals surface area contributed by atoms with Crippen molar-refractivity contribution in [3.63, 3.8) is 0 Å². The topological polar surface area (TPSA) is 132 Å². The van der Waals surface area contributed by atoms with Gasteiger partial charge >= 0.3 is 5.69 Å². The molecule has 25 heavy (non-hydrogen) atoms. The first kappa shape index (κ1) is 16.2. The molecule has 9 heteroatoms. The van der Waals surface area contributed by atoms with Gasteiger partial charge in [0, 0.05) is 12.5 Å². The molecular weight excluding hydrogens is 330 g/mol. The SMILES string of the molecule is COc1cccc(Cc2noc(-c3cc(O)c(O)c([N+](=O)[O-])c3)n2)c1. The highest BCUT2D eigenvalue weighted by molar-refractivity contribution is 5.67. The van der Waals surface area contributed by atoms with E-state index in [1.807, 2.05) is 24.3 Å². The van der Waals surface area contributed by atoms with Crippen LogP contribution >= 0.6 is 0 Å². The minimum Gasteiger partial charge on any atom is -0.504 e. The quantitative estimate of drug-likeness (QED) is 0.410. The Hall–Kier alpha value is -3.62. The number of phenols is 2. The predicted octanol–water partition coefficient (Wildman–Crippen LogP) is 2.66. The third-order valence-electron chi connectivity index (χ3n) is 3.48. The number of methoxy groups -OCH3 is 1. The van der Waals surface area contributed by atoms with Gasteiger partial charge in [0.1, 0.15) is 5.75 Å². The molecule has 0 aliphatic rings. The van der Waals surface area contributed by atoms with Crippen LogP contribution in [-0.4, -0.2) is 32.4 Å². The Bertz CT molecular complexity index is 937. The molecule has 0 radical (unpaired) electrons. The summed E-state index contributed by atoms with van der Waals surface area (Å²) in [6.07, 6.45) is 0.368. The van der Waals surface area contributed by atoms with E-state index >= 15 is 0 Å². The van der Waals surface area contributed by atoms with Gasteiger partial charge in [-0.1, -0.05) is 17.3 Å². The molecule has 3 rings (SSSR count). The van der Waals surface area contributed by atoms with Crippen LogP contribution in [0, 0.1) is 10.1 Å². The monoisotopic (exact) mass is 343 g/mol. The number of phenolic OH excluding ortho intramolecular Hbond substituents is 2. The zero-order chi connectivity index (χ0) is 18.0. The molecular formula is C16H13N3O6. The molecule has 0 amide bonds. The average Bonchev–Trinajstić information content (AvgIpc) is 3.05. The van der Waals surface area contributed by atoms with Crippen LogP contribution in [0.15, 0.2) is 40.9 Å². The highest BCUT2D eigenvalue weighted by atomic mass is 16.6. The molecule has 0 spiro atoms. The summed E-state index contributed by atoms with van der Waals surface area (Å²) in [5.74, 6) is -0.406. The van der Waals surface area contributed by atoms with Gasteiger partial charge in [-0.05, 0) is 23.8 Å². The van der Waals surface area contributed by atoms with Crippen molar-refractivity contribution in [1.29, 1.82) is 0 Å². The van der Waals surface area contributed by atoms with Gasteiger partial charge in [0.15, 0.2) is 11.6 Å². The van der Waals surface area contributed by atoms with E-state index in [0.29, 0.717) is 18.0 Å². The molecule has 2 N–H and O–H groups in total. The van der Waals surface area contributed by atoms with Crippen molar-refractivity contribution in [2.24, 2.45) is 0 Å². The smallest absolute Gasteiger partial charge is 0.315 e. The number of aromatic nitrogens is 2. The highest BCUT2D eigenvalue weighted by Crippen LogP contribution is 2.38. The summed E-state index contributed by atoms with van der Waals surface area (Å²) in [6, 6.07) is 9.51. The number of rotatable bonds is 5. The first-order valence-corrected chi connectivity index (χ1v) is 7.14. The Balaban J connectivity index is 1.90. The number of ether oxygens (including phenoxy) is 1. The maximum atomic E-state index is 10.9. The molecule has 0 aliphatic heterocycles. The maximum absolute atomic E-state index is 10.9. The molecule has 3 aromatic rings. The van der Waals surface area contributed by atoms with E-state index in [2.05, 4.69) is 10.1 Å². The first-order chi connectivity index (χ1) is 12.0. The van der Waals surface area contributed by atoms with E-state index in [4.69, 9.17) is 9.26 Å². The van der Waals surface area contributed by atoms with Crippen molar-refractivity contribution >= 4 is 5.69 Å². The summed E-state index contributed by atoms with van der Waals surface area (Å²) in [5.41, 5.74) is 0.375. The van der Waals surface area contributed by atoms with E-state index < -0.39 is 22.1 Å². The molecule has 0 saturated carbocycles. The van der Waals surface area contributed by atoms with Gasteiger partial charge in [-0.3, -0.25) is 10.1 Å². The average molecular weight is 343 g/mol. The summed E-state index contributed by atoms with van der Waals surface area (Å²) in [4.78, 5) is 14.3. The predicted molar refractivity (Wildman–Crippen MR) is 85.5 cm³/mol. The molecule has 0 atom stereocenters. The van der Waals surface area contributed by atoms with Crippen LogP contribution in [0.4, 0.5) is 5.69 Å². The van der Waals surface area contributed by atoms with Crippen molar-refractivity contribution in [1.82, 2.24) is 10.1 Å². The van der Waals surface area contributed by atoms with Crippen LogP contribution in [0.25, 0.3) is 11.5 Å². The van der Waals surface area contributed by atoms with E-state index in [1.165, 1.54) is 0 Å². The van der Waals surface area contributed by atoms with Crippen LogP contribution in [0.5, 0.6) is 17.2 Å². The second-order valence-electron chi connectivity index (χ2n) is 5.16. The zero-order valence-corrected chi connectivity index (χ0v) is 13.0. The minimum absolute atomic E-state index is 0.00343. The van der Waals surface area contributed by atoms with Gasteiger partial charge in [0.05, 0.1) is 17.6 Å². The van der Waals surface area contributed by atoms with Gasteiger partial charge in [-0.15, -0.1) is 0 Å². The Morgan fingerprint density at radius 2 is 2.08 bits per heavy atom. The first-order valence-electron chi connectivity index (χ1n) is 7.14. The normalized spacial score (nSPS) is 10.6. The summed E-state index contributed by atoms with van der Waals surface area (Å²) >= 11 is 0. The third-order valence-corrected chi connectivity index (χ3v) is 3.48. The molecule has 2 aromatic carbocycles. The van der Waals surface area contributed by atoms with Crippen molar-refractivity contribution in [3.8, 4) is 28.7 Å². The molecule has 1 heterocycles. The number of hydrogen-bond donors (Lipinski definition) is 2. The van der Waals surface area contributed by atoms with E-state index in [9.17, 15) is 20.3 Å². The number of hydrogen-bond acceptors (Lipinski definition) is 8. The molecule has 0 unspecified atom stereocenters. The summed E-state index contributed by atoms with van der Waals surface area (Å²) in [7, 11) is 1.57. The van der Waals surface area contributed by atoms with Gasteiger partial charge in [0.25, 0.3) is 5.89 Å². The summed E-state index contributed by atoms with van der Waals surface area (Å²) in [6.45, 7) is 0. The number of nitrogens with zero attached hydrogens (tertiary/aromatic N) is 3. The number of nitro benzene ring substituents is 1. The van der Waals surface area contributed by atoms with Crippen molar-refractivity contribution in [3.05, 3.63) is 57.9 Å². The lowest BCUT2D eigenvalue weighted by atomic mass is 10.1. The Morgan fingerprint density at radius 3 is 2.80 bits per heavy atom. The van der Waals surface area contributed by atoms with Crippen LogP contribution in [0.2, 0.25) is 0 Å². The standard InChI is InChI=1S/C16H13N3O6/c1-24-11-4-2-3-9(5-11)6-14-17-16(25-18-14)10-7-12(19(22)23)15(21)13(20)8-10/h2-5,7-8,20-21H,6H2,1H3. The van der Waals surface area contributed by atoms with Crippen LogP contribution in [0.1, 0.15) is 11.4 Å². The Kier molecular flexibility index (Phi) is 4.21. The highest BCUT2D eigenvalue weighted by Gasteiger charge is 2.22. The number of nitro groups is 1. The molecule has 1 aromatic heterocycles. The fourth-order valence-corrected chi connectivity index (χ4v) is 2.27. The second kappa shape index (κ2) is 6.48. The van der Waals surface area contributed by atoms with Crippen molar-refractivity contribution in [2.75, 3.05) is 7.11 Å². The fourth-order valence-electron chi connectivity index (χ4n) is 2.27. The molecule has 0 bridgehead atoms. The largest absolute Gasteiger partial charge is 0.504 e. The maximum Gasteiger partial charge on any atom is 0.315 e. The zero-order valence-electron chi connectivity index (χ0n) is 13.0. The van der Waals surface area contributed by atoms with E-state index in [0.717, 1.165) is 17.7 Å². The van der Waals surface area contributed by atoms with Crippen LogP contribution < -0.4 is 4.74 Å². The molecule has 9 nitrogen and oxygen atoms in total. The van der Waals surface area contributed by atoms with Crippen LogP contribution in [0.3, 0.4) is 0 Å². The molecule has 128 valence electrons. The fraction of sp³-hybridized carbons (Fsp3) is 0.125. The summed E-state index contributed by atoms with van der Waals surface area (Å²) < 4.78 is 10.2. The van der Waals surface area contributed by atoms with Crippen molar-refractivity contribution in [2.45, 2.75) is 6.42 Å². The summed E-state index contributed by atoms with van der Waals surface area (Å²) in [5, 5.41) is 33.9. The van der Waals surface area contributed by atoms with Gasteiger partial charge in [-0.25, -0.2) is 0 Å². The number of aromatic hydroxyl groups is 2. The third kappa shape index (κ3) is 3.34. The Morgan fingerprint density at radius 1 is 1.28 bits per heavy atom. The lowest BCUT2D eigenvalue weighted by Gasteiger charge is -2.02. The molecule has 0 fully saturated rings. The minimum atomic E-state index is -0.815. The lowest BCUT2D eigenvalue weighted by Crippen LogP contribution is -1.92. The second-order valence-corrected chi connectivity index (χ2v) is 5.16. The Labute approximate surface area is 141 Å². The van der Waals surface area contributed by atoms with Crippen LogP contribution in [-0.2, 0) is 6.42 Å². The van der Waals surface area contributed by atoms with Gasteiger partial charge in [-0.2, -0.15) is 4.98 Å². The van der Waals surface area contributed by atoms with E-state index in [1.54, 1.807) is 7.11 Å². The molecule has 0 saturated heterocycles. The van der Waals surface area contributed by atoms with E-state index in [-0.39, 0.29) is 11.5 Å². The number of benzene rings is 2. The van der Waals surface area contributed by atoms with Gasteiger partial charge < -0.3 is 19.5 Å². The van der Waals surface area contributed by atoms with Crippen molar-refractivity contribution < 1.29 is 24.4 Å². The molecule has 0 aliphatic carbocycles. The lowest BCUT2D eigenvalue weighted by molar-refractivity contribution is -0.385. The van der Waals surface area contributed by atoms with Gasteiger partial charge in [0.2, 0.25) is 5.75 Å².